The maximum absolute atomic E-state index is 14.2. The van der Waals surface area contributed by atoms with Gasteiger partial charge in [0.25, 0.3) is 5.60 Å². The fourth-order valence-corrected chi connectivity index (χ4v) is 7.26. The van der Waals surface area contributed by atoms with Crippen LogP contribution in [0.3, 0.4) is 0 Å². The van der Waals surface area contributed by atoms with E-state index in [0.717, 1.165) is 36.4 Å². The Morgan fingerprint density at radius 2 is 1.39 bits per heavy atom. The van der Waals surface area contributed by atoms with Crippen molar-refractivity contribution in [3.05, 3.63) is 101 Å². The van der Waals surface area contributed by atoms with Crippen LogP contribution in [0.15, 0.2) is 71.6 Å². The summed E-state index contributed by atoms with van der Waals surface area (Å²) in [6.45, 7) is -1.61. The molecule has 2 unspecified atom stereocenters. The summed E-state index contributed by atoms with van der Waals surface area (Å²) in [5.41, 5.74) is -7.61. The maximum atomic E-state index is 14.2. The molecular weight excluding hydrogens is 591 g/mol. The molecule has 1 aliphatic carbocycles. The van der Waals surface area contributed by atoms with Crippen molar-refractivity contribution in [2.24, 2.45) is 0 Å². The minimum absolute atomic E-state index is 0.0421. The molecule has 0 aromatic heterocycles. The molecular formula is C27H21F9O4S. The van der Waals surface area contributed by atoms with Gasteiger partial charge < -0.3 is 9.84 Å². The third-order valence-electron chi connectivity index (χ3n) is 7.15. The number of ether oxygens (including phenoxy) is 1. The highest BCUT2D eigenvalue weighted by Crippen LogP contribution is 2.54. The average molecular weight is 613 g/mol. The van der Waals surface area contributed by atoms with Crippen molar-refractivity contribution in [1.29, 1.82) is 0 Å². The van der Waals surface area contributed by atoms with E-state index in [0.29, 0.717) is 30.3 Å². The number of aliphatic hydroxyl groups excluding tert-OH is 1. The first-order valence-electron chi connectivity index (χ1n) is 12.0. The minimum atomic E-state index is -6.15. The molecule has 1 fully saturated rings. The zero-order valence-electron chi connectivity index (χ0n) is 20.7. The van der Waals surface area contributed by atoms with Gasteiger partial charge in [0.15, 0.2) is 9.84 Å². The number of hydrogen-bond donors (Lipinski definition) is 1. The van der Waals surface area contributed by atoms with Crippen LogP contribution in [0.5, 0.6) is 0 Å². The molecule has 222 valence electrons. The molecule has 0 amide bonds. The highest BCUT2D eigenvalue weighted by molar-refractivity contribution is 7.92. The van der Waals surface area contributed by atoms with Gasteiger partial charge in [-0.05, 0) is 67.3 Å². The molecule has 41 heavy (non-hydrogen) atoms. The Bertz CT molecular complexity index is 1490. The van der Waals surface area contributed by atoms with Crippen LogP contribution in [-0.2, 0) is 31.5 Å². The van der Waals surface area contributed by atoms with E-state index >= 15 is 0 Å². The fraction of sp³-hybridized carbons (Fsp3) is 0.333. The van der Waals surface area contributed by atoms with E-state index in [4.69, 9.17) is 0 Å². The van der Waals surface area contributed by atoms with Crippen molar-refractivity contribution < 1.29 is 57.8 Å². The molecule has 0 saturated heterocycles. The van der Waals surface area contributed by atoms with E-state index in [1.165, 1.54) is 0 Å². The lowest BCUT2D eigenvalue weighted by Crippen LogP contribution is -2.55. The Balaban J connectivity index is 1.82. The van der Waals surface area contributed by atoms with Gasteiger partial charge in [0.05, 0.1) is 17.6 Å². The van der Waals surface area contributed by atoms with Crippen molar-refractivity contribution in [1.82, 2.24) is 0 Å². The normalized spacial score (nSPS) is 20.4. The van der Waals surface area contributed by atoms with Crippen molar-refractivity contribution in [3.63, 3.8) is 0 Å². The second kappa shape index (κ2) is 10.6. The number of aliphatic hydroxyl groups is 1. The third-order valence-corrected chi connectivity index (χ3v) is 9.68. The molecule has 0 spiro atoms. The second-order valence-corrected chi connectivity index (χ2v) is 11.9. The number of alkyl halides is 6. The molecule has 1 N–H and O–H groups in total. The minimum Gasteiger partial charge on any atom is -0.393 e. The van der Waals surface area contributed by atoms with Gasteiger partial charge in [-0.2, -0.15) is 26.3 Å². The van der Waals surface area contributed by atoms with Crippen LogP contribution in [0.1, 0.15) is 36.0 Å². The van der Waals surface area contributed by atoms with Crippen LogP contribution in [-0.4, -0.2) is 32.0 Å². The van der Waals surface area contributed by atoms with Crippen LogP contribution in [0.4, 0.5) is 39.5 Å². The van der Waals surface area contributed by atoms with Gasteiger partial charge in [0, 0.05) is 11.1 Å². The molecule has 2 atom stereocenters. The van der Waals surface area contributed by atoms with Crippen molar-refractivity contribution >= 4 is 9.84 Å². The van der Waals surface area contributed by atoms with Gasteiger partial charge in [-0.1, -0.05) is 24.3 Å². The monoisotopic (exact) mass is 612 g/mol. The maximum Gasteiger partial charge on any atom is 0.430 e. The summed E-state index contributed by atoms with van der Waals surface area (Å²) in [7, 11) is -4.44. The molecule has 3 aromatic carbocycles. The molecule has 0 bridgehead atoms. The fourth-order valence-electron chi connectivity index (χ4n) is 5.07. The Labute approximate surface area is 228 Å². The van der Waals surface area contributed by atoms with E-state index < -0.39 is 80.2 Å². The molecule has 14 heteroatoms. The van der Waals surface area contributed by atoms with Gasteiger partial charge in [-0.15, -0.1) is 0 Å². The molecule has 1 saturated carbocycles. The molecule has 3 aromatic rings. The van der Waals surface area contributed by atoms with Gasteiger partial charge in [0.2, 0.25) is 0 Å². The lowest BCUT2D eigenvalue weighted by atomic mass is 9.88. The first-order valence-corrected chi connectivity index (χ1v) is 13.4. The standard InChI is InChI=1S/C27H21F9O4S/c28-19-5-8-22(9-6-19)41(38,39)24(12-11-21(37)14-24)17-1-3-18(4-2-17)25(26(31,32)33,27(34,35)36)40-15-16-13-20(29)7-10-23(16)30/h1-10,13,21,37H,11-12,14-15H2. The van der Waals surface area contributed by atoms with Crippen LogP contribution in [0.25, 0.3) is 0 Å². The summed E-state index contributed by atoms with van der Waals surface area (Å²) in [5.74, 6) is -3.17. The zero-order valence-corrected chi connectivity index (χ0v) is 21.6. The third kappa shape index (κ3) is 5.32. The quantitative estimate of drug-likeness (QED) is 0.234. The van der Waals surface area contributed by atoms with Gasteiger partial charge in [-0.25, -0.2) is 21.6 Å². The Hall–Kier alpha value is -3.10. The number of sulfone groups is 1. The number of benzene rings is 3. The van der Waals surface area contributed by atoms with E-state index in [-0.39, 0.29) is 23.3 Å². The molecule has 0 radical (unpaired) electrons. The van der Waals surface area contributed by atoms with Crippen molar-refractivity contribution in [3.8, 4) is 0 Å². The Kier molecular flexibility index (Phi) is 8.00. The predicted molar refractivity (Wildman–Crippen MR) is 126 cm³/mol. The van der Waals surface area contributed by atoms with Crippen LogP contribution < -0.4 is 0 Å². The molecule has 0 heterocycles. The second-order valence-electron chi connectivity index (χ2n) is 9.63. The summed E-state index contributed by atoms with van der Waals surface area (Å²) in [6, 6.07) is 7.49. The smallest absolute Gasteiger partial charge is 0.393 e. The van der Waals surface area contributed by atoms with Gasteiger partial charge >= 0.3 is 12.4 Å². The Morgan fingerprint density at radius 1 is 0.829 bits per heavy atom. The molecule has 4 rings (SSSR count). The lowest BCUT2D eigenvalue weighted by Gasteiger charge is -2.38. The topological polar surface area (TPSA) is 63.6 Å². The van der Waals surface area contributed by atoms with Crippen LogP contribution in [0, 0.1) is 17.5 Å². The largest absolute Gasteiger partial charge is 0.430 e. The van der Waals surface area contributed by atoms with Gasteiger partial charge in [0.1, 0.15) is 22.2 Å². The molecule has 1 aliphatic rings. The van der Waals surface area contributed by atoms with E-state index in [1.54, 1.807) is 0 Å². The van der Waals surface area contributed by atoms with E-state index in [9.17, 15) is 53.0 Å². The first-order chi connectivity index (χ1) is 18.9. The van der Waals surface area contributed by atoms with E-state index in [2.05, 4.69) is 4.74 Å². The molecule has 0 aliphatic heterocycles. The highest BCUT2D eigenvalue weighted by Gasteiger charge is 2.73. The van der Waals surface area contributed by atoms with Crippen molar-refractivity contribution in [2.45, 2.75) is 59.6 Å². The summed E-state index contributed by atoms with van der Waals surface area (Å²) < 4.78 is 156. The zero-order chi connectivity index (χ0) is 30.4. The van der Waals surface area contributed by atoms with Crippen LogP contribution >= 0.6 is 0 Å². The lowest BCUT2D eigenvalue weighted by molar-refractivity contribution is -0.392. The van der Waals surface area contributed by atoms with Crippen LogP contribution in [0.2, 0.25) is 0 Å². The van der Waals surface area contributed by atoms with Crippen molar-refractivity contribution in [2.75, 3.05) is 0 Å². The summed E-state index contributed by atoms with van der Waals surface area (Å²) in [4.78, 5) is -0.363. The van der Waals surface area contributed by atoms with Gasteiger partial charge in [-0.3, -0.25) is 0 Å². The average Bonchev–Trinajstić information content (AvgIpc) is 3.29. The number of rotatable bonds is 7. The predicted octanol–water partition coefficient (Wildman–Crippen LogP) is 6.85. The summed E-state index contributed by atoms with van der Waals surface area (Å²) in [5, 5.41) is 10.2. The Morgan fingerprint density at radius 3 is 1.90 bits per heavy atom. The summed E-state index contributed by atoms with van der Waals surface area (Å²) >= 11 is 0. The SMILES string of the molecule is O=S(=O)(c1ccc(F)cc1)C1(c2ccc(C(OCc3cc(F)ccc3F)(C(F)(F)F)C(F)(F)F)cc2)CCC(O)C1. The molecule has 4 nitrogen and oxygen atoms in total. The summed E-state index contributed by atoms with van der Waals surface area (Å²) in [6.07, 6.45) is -14.2. The van der Waals surface area contributed by atoms with E-state index in [1.807, 2.05) is 0 Å². The first kappa shape index (κ1) is 30.8. The highest BCUT2D eigenvalue weighted by atomic mass is 32.2. The number of halogens is 9. The number of hydrogen-bond acceptors (Lipinski definition) is 4.